The molecule has 1 unspecified atom stereocenters. The van der Waals surface area contributed by atoms with E-state index in [4.69, 9.17) is 0 Å². The standard InChI is InChI=1S/C11H23N/c1-4-6-7-8-9-10-11(3)12-5-2/h9-12H,4-8H2,1-3H3. The van der Waals surface area contributed by atoms with E-state index in [2.05, 4.69) is 38.2 Å². The maximum atomic E-state index is 3.35. The van der Waals surface area contributed by atoms with Gasteiger partial charge in [0.05, 0.1) is 0 Å². The maximum Gasteiger partial charge on any atom is 0.0221 e. The third-order valence-electron chi connectivity index (χ3n) is 1.93. The molecule has 1 nitrogen and oxygen atoms in total. The van der Waals surface area contributed by atoms with Gasteiger partial charge in [-0.25, -0.2) is 0 Å². The number of nitrogens with one attached hydrogen (secondary N) is 1. The normalized spacial score (nSPS) is 13.9. The van der Waals surface area contributed by atoms with Crippen LogP contribution in [0.3, 0.4) is 0 Å². The summed E-state index contributed by atoms with van der Waals surface area (Å²) in [6, 6.07) is 0.539. The van der Waals surface area contributed by atoms with Crippen molar-refractivity contribution in [3.63, 3.8) is 0 Å². The van der Waals surface area contributed by atoms with Crippen molar-refractivity contribution in [3.8, 4) is 0 Å². The van der Waals surface area contributed by atoms with E-state index in [9.17, 15) is 0 Å². The van der Waals surface area contributed by atoms with Crippen LogP contribution in [0.25, 0.3) is 0 Å². The lowest BCUT2D eigenvalue weighted by Gasteiger charge is -2.05. The minimum atomic E-state index is 0.539. The largest absolute Gasteiger partial charge is 0.311 e. The topological polar surface area (TPSA) is 12.0 Å². The molecule has 0 aliphatic heterocycles. The highest BCUT2D eigenvalue weighted by Gasteiger charge is 1.90. The fraction of sp³-hybridized carbons (Fsp3) is 0.818. The quantitative estimate of drug-likeness (QED) is 0.456. The average Bonchev–Trinajstić information content (AvgIpc) is 2.05. The lowest BCUT2D eigenvalue weighted by Crippen LogP contribution is -2.22. The van der Waals surface area contributed by atoms with E-state index < -0.39 is 0 Å². The van der Waals surface area contributed by atoms with Gasteiger partial charge in [-0.05, 0) is 26.3 Å². The highest BCUT2D eigenvalue weighted by Crippen LogP contribution is 2.00. The summed E-state index contributed by atoms with van der Waals surface area (Å²) in [7, 11) is 0. The van der Waals surface area contributed by atoms with Gasteiger partial charge in [0.1, 0.15) is 0 Å². The Bertz CT molecular complexity index is 108. The first-order valence-electron chi connectivity index (χ1n) is 5.21. The van der Waals surface area contributed by atoms with Crippen LogP contribution in [0.5, 0.6) is 0 Å². The summed E-state index contributed by atoms with van der Waals surface area (Å²) in [5.41, 5.74) is 0. The molecule has 0 bridgehead atoms. The van der Waals surface area contributed by atoms with Crippen LogP contribution in [-0.4, -0.2) is 12.6 Å². The van der Waals surface area contributed by atoms with Crippen LogP contribution in [0.1, 0.15) is 46.5 Å². The van der Waals surface area contributed by atoms with Gasteiger partial charge in [0, 0.05) is 6.04 Å². The Morgan fingerprint density at radius 1 is 1.25 bits per heavy atom. The number of hydrogen-bond donors (Lipinski definition) is 1. The van der Waals surface area contributed by atoms with Gasteiger partial charge in [-0.3, -0.25) is 0 Å². The molecule has 72 valence electrons. The summed E-state index contributed by atoms with van der Waals surface area (Å²) in [5, 5.41) is 3.35. The molecular formula is C11H23N. The zero-order valence-corrected chi connectivity index (χ0v) is 8.77. The third kappa shape index (κ3) is 7.80. The SMILES string of the molecule is CCCCCC=CC(C)NCC. The van der Waals surface area contributed by atoms with Crippen molar-refractivity contribution in [1.29, 1.82) is 0 Å². The molecule has 0 aromatic rings. The van der Waals surface area contributed by atoms with Crippen LogP contribution in [0, 0.1) is 0 Å². The summed E-state index contributed by atoms with van der Waals surface area (Å²) < 4.78 is 0. The van der Waals surface area contributed by atoms with Gasteiger partial charge < -0.3 is 5.32 Å². The molecule has 0 aromatic carbocycles. The van der Waals surface area contributed by atoms with Gasteiger partial charge in [0.15, 0.2) is 0 Å². The van der Waals surface area contributed by atoms with E-state index >= 15 is 0 Å². The molecule has 0 aliphatic rings. The van der Waals surface area contributed by atoms with Crippen molar-refractivity contribution < 1.29 is 0 Å². The minimum absolute atomic E-state index is 0.539. The predicted molar refractivity (Wildman–Crippen MR) is 56.4 cm³/mol. The van der Waals surface area contributed by atoms with Gasteiger partial charge in [-0.15, -0.1) is 0 Å². The van der Waals surface area contributed by atoms with Crippen molar-refractivity contribution in [1.82, 2.24) is 5.32 Å². The van der Waals surface area contributed by atoms with Gasteiger partial charge in [0.25, 0.3) is 0 Å². The Morgan fingerprint density at radius 2 is 2.00 bits per heavy atom. The van der Waals surface area contributed by atoms with Crippen molar-refractivity contribution in [3.05, 3.63) is 12.2 Å². The van der Waals surface area contributed by atoms with Crippen LogP contribution in [0.2, 0.25) is 0 Å². The lowest BCUT2D eigenvalue weighted by molar-refractivity contribution is 0.656. The van der Waals surface area contributed by atoms with Gasteiger partial charge in [-0.1, -0.05) is 38.8 Å². The number of hydrogen-bond acceptors (Lipinski definition) is 1. The van der Waals surface area contributed by atoms with Gasteiger partial charge >= 0.3 is 0 Å². The molecule has 1 N–H and O–H groups in total. The van der Waals surface area contributed by atoms with Gasteiger partial charge in [-0.2, -0.15) is 0 Å². The second-order valence-corrected chi connectivity index (χ2v) is 3.27. The summed E-state index contributed by atoms with van der Waals surface area (Å²) in [6.07, 6.45) is 9.81. The first-order chi connectivity index (χ1) is 5.81. The Morgan fingerprint density at radius 3 is 2.58 bits per heavy atom. The van der Waals surface area contributed by atoms with Crippen LogP contribution in [0.4, 0.5) is 0 Å². The van der Waals surface area contributed by atoms with E-state index in [0.29, 0.717) is 6.04 Å². The Balaban J connectivity index is 3.22. The van der Waals surface area contributed by atoms with Crippen LogP contribution < -0.4 is 5.32 Å². The first kappa shape index (κ1) is 11.7. The number of unbranched alkanes of at least 4 members (excludes halogenated alkanes) is 3. The second-order valence-electron chi connectivity index (χ2n) is 3.27. The fourth-order valence-corrected chi connectivity index (χ4v) is 1.20. The van der Waals surface area contributed by atoms with Crippen LogP contribution in [0.15, 0.2) is 12.2 Å². The molecule has 0 saturated heterocycles. The molecule has 0 saturated carbocycles. The van der Waals surface area contributed by atoms with E-state index in [-0.39, 0.29) is 0 Å². The van der Waals surface area contributed by atoms with Crippen molar-refractivity contribution >= 4 is 0 Å². The van der Waals surface area contributed by atoms with Crippen molar-refractivity contribution in [2.24, 2.45) is 0 Å². The maximum absolute atomic E-state index is 3.35. The molecule has 0 aromatic heterocycles. The summed E-state index contributed by atoms with van der Waals surface area (Å²) in [6.45, 7) is 7.63. The molecule has 0 heterocycles. The summed E-state index contributed by atoms with van der Waals surface area (Å²) in [4.78, 5) is 0. The molecule has 1 heteroatoms. The second kappa shape index (κ2) is 8.79. The number of likely N-dealkylation sites (N-methyl/N-ethyl adjacent to an activating group) is 1. The van der Waals surface area contributed by atoms with E-state index in [0.717, 1.165) is 6.54 Å². The van der Waals surface area contributed by atoms with E-state index in [1.54, 1.807) is 0 Å². The molecule has 1 atom stereocenters. The molecule has 0 radical (unpaired) electrons. The lowest BCUT2D eigenvalue weighted by atomic mass is 10.2. The van der Waals surface area contributed by atoms with Gasteiger partial charge in [0.2, 0.25) is 0 Å². The Hall–Kier alpha value is -0.300. The van der Waals surface area contributed by atoms with Crippen LogP contribution >= 0.6 is 0 Å². The monoisotopic (exact) mass is 169 g/mol. The molecule has 0 spiro atoms. The first-order valence-corrected chi connectivity index (χ1v) is 5.21. The molecule has 0 rings (SSSR count). The van der Waals surface area contributed by atoms with Crippen molar-refractivity contribution in [2.75, 3.05) is 6.54 Å². The predicted octanol–water partition coefficient (Wildman–Crippen LogP) is 3.12. The summed E-state index contributed by atoms with van der Waals surface area (Å²) in [5.74, 6) is 0. The average molecular weight is 169 g/mol. The van der Waals surface area contributed by atoms with E-state index in [1.165, 1.54) is 25.7 Å². The molecule has 0 aliphatic carbocycles. The third-order valence-corrected chi connectivity index (χ3v) is 1.93. The molecule has 0 amide bonds. The van der Waals surface area contributed by atoms with Crippen molar-refractivity contribution in [2.45, 2.75) is 52.5 Å². The molecule has 0 fully saturated rings. The Labute approximate surface area is 77.2 Å². The van der Waals surface area contributed by atoms with E-state index in [1.807, 2.05) is 0 Å². The molecular weight excluding hydrogens is 146 g/mol. The zero-order valence-electron chi connectivity index (χ0n) is 8.77. The Kier molecular flexibility index (Phi) is 8.57. The minimum Gasteiger partial charge on any atom is -0.311 e. The highest BCUT2D eigenvalue weighted by molar-refractivity contribution is 4.90. The highest BCUT2D eigenvalue weighted by atomic mass is 14.9. The fourth-order valence-electron chi connectivity index (χ4n) is 1.20. The van der Waals surface area contributed by atoms with Crippen LogP contribution in [-0.2, 0) is 0 Å². The number of allylic oxidation sites excluding steroid dienone is 1. The summed E-state index contributed by atoms with van der Waals surface area (Å²) >= 11 is 0. The smallest absolute Gasteiger partial charge is 0.0221 e. The number of rotatable bonds is 7. The molecule has 12 heavy (non-hydrogen) atoms. The zero-order chi connectivity index (χ0) is 9.23.